The summed E-state index contributed by atoms with van der Waals surface area (Å²) in [5.74, 6) is 0. The summed E-state index contributed by atoms with van der Waals surface area (Å²) < 4.78 is 0. The van der Waals surface area contributed by atoms with E-state index in [0.29, 0.717) is 57.8 Å². The van der Waals surface area contributed by atoms with Gasteiger partial charge in [-0.1, -0.05) is 0 Å². The fourth-order valence-electron chi connectivity index (χ4n) is 2.88. The maximum atomic E-state index is 8.40. The van der Waals surface area contributed by atoms with E-state index in [-0.39, 0.29) is 44.8 Å². The van der Waals surface area contributed by atoms with Gasteiger partial charge < -0.3 is 0 Å². The molecule has 0 aromatic carbocycles. The first kappa shape index (κ1) is 44.4. The van der Waals surface area contributed by atoms with Gasteiger partial charge in [0.25, 0.3) is 0 Å². The molecule has 0 aromatic rings. The molecule has 0 rings (SSSR count). The molecule has 0 saturated heterocycles. The number of rotatable bonds is 18. The second kappa shape index (κ2) is 40.9. The van der Waals surface area contributed by atoms with Gasteiger partial charge in [-0.2, -0.15) is 47.4 Å². The van der Waals surface area contributed by atoms with Gasteiger partial charge in [-0.05, 0) is 55.5 Å². The molecule has 40 heavy (non-hydrogen) atoms. The van der Waals surface area contributed by atoms with Crippen LogP contribution in [0.1, 0.15) is 57.8 Å². The molecule has 0 amide bonds. The number of nitrogens with zero attached hydrogens (tertiary/aromatic N) is 9. The Morgan fingerprint density at radius 1 is 0.250 bits per heavy atom. The molecule has 0 aliphatic rings. The Bertz CT molecular complexity index is 736. The Labute approximate surface area is 259 Å². The van der Waals surface area contributed by atoms with Crippen molar-refractivity contribution < 1.29 is 21.1 Å². The summed E-state index contributed by atoms with van der Waals surface area (Å²) in [6.07, 6.45) is 13.0. The zero-order valence-electron chi connectivity index (χ0n) is 22.9. The van der Waals surface area contributed by atoms with Crippen LogP contribution in [0.5, 0.6) is 0 Å². The third-order valence-electron chi connectivity index (χ3n) is 4.86. The van der Waals surface area contributed by atoms with E-state index in [1.54, 1.807) is 0 Å². The molecule has 0 fully saturated rings. The molecule has 0 atom stereocenters. The smallest absolute Gasteiger partial charge is 0.0625 e. The number of nitriles is 9. The van der Waals surface area contributed by atoms with Crippen molar-refractivity contribution in [1.29, 1.82) is 47.4 Å². The first-order valence-electron chi connectivity index (χ1n) is 12.5. The molecule has 0 aliphatic heterocycles. The van der Waals surface area contributed by atoms with Crippen molar-refractivity contribution >= 4 is 23.8 Å². The largest absolute Gasteiger partial charge is 0.198 e. The maximum absolute atomic E-state index is 8.40. The molecule has 0 aromatic heterocycles. The molecule has 0 N–H and O–H groups in total. The second-order valence-electron chi connectivity index (χ2n) is 7.70. The molecule has 13 heteroatoms. The fourth-order valence-corrected chi connectivity index (χ4v) is 8.64. The van der Waals surface area contributed by atoms with Crippen molar-refractivity contribution in [3.63, 3.8) is 0 Å². The third kappa shape index (κ3) is 37.5. The molecule has 214 valence electrons. The van der Waals surface area contributed by atoms with Gasteiger partial charge in [0.1, 0.15) is 0 Å². The Kier molecular flexibility index (Phi) is 45.4. The SMILES string of the molecule is N#CCCP(CCC#N)CCC#N.N#CCCP(CCC#N)CCC#N.N#CCCP(CCC#N)CCC#N.[Pt]. The molecule has 0 radical (unpaired) electrons. The Morgan fingerprint density at radius 3 is 0.425 bits per heavy atom. The average molecular weight is 775 g/mol. The summed E-state index contributed by atoms with van der Waals surface area (Å²) in [6, 6.07) is 18.9. The van der Waals surface area contributed by atoms with Crippen LogP contribution in [-0.2, 0) is 21.1 Å². The van der Waals surface area contributed by atoms with Crippen LogP contribution in [0.4, 0.5) is 0 Å². The van der Waals surface area contributed by atoms with Gasteiger partial charge in [-0.25, -0.2) is 0 Å². The van der Waals surface area contributed by atoms with E-state index in [9.17, 15) is 0 Å². The van der Waals surface area contributed by atoms with Crippen molar-refractivity contribution in [2.75, 3.05) is 55.5 Å². The van der Waals surface area contributed by atoms with Gasteiger partial charge in [-0.15, -0.1) is 23.8 Å². The minimum Gasteiger partial charge on any atom is -0.198 e. The van der Waals surface area contributed by atoms with Crippen LogP contribution >= 0.6 is 23.8 Å². The zero-order valence-corrected chi connectivity index (χ0v) is 27.9. The molecule has 0 unspecified atom stereocenters. The molecule has 0 aliphatic carbocycles. The summed E-state index contributed by atoms with van der Waals surface area (Å²) in [7, 11) is -0.737. The van der Waals surface area contributed by atoms with Gasteiger partial charge in [0.05, 0.1) is 54.6 Å². The van der Waals surface area contributed by atoms with Crippen LogP contribution in [0.15, 0.2) is 0 Å². The predicted octanol–water partition coefficient (Wildman–Crippen LogP) is 6.63. The summed E-state index contributed by atoms with van der Waals surface area (Å²) in [6.45, 7) is 0. The summed E-state index contributed by atoms with van der Waals surface area (Å²) >= 11 is 0. The van der Waals surface area contributed by atoms with Gasteiger partial charge in [0.2, 0.25) is 0 Å². The maximum Gasteiger partial charge on any atom is 0.0625 e. The molecule has 0 spiro atoms. The van der Waals surface area contributed by atoms with Crippen LogP contribution in [0.2, 0.25) is 0 Å². The minimum atomic E-state index is -0.246. The van der Waals surface area contributed by atoms with Crippen LogP contribution in [-0.4, -0.2) is 55.5 Å². The Hall–Kier alpha value is -2.61. The van der Waals surface area contributed by atoms with E-state index >= 15 is 0 Å². The topological polar surface area (TPSA) is 214 Å². The fraction of sp³-hybridized carbons (Fsp3) is 0.667. The number of hydrogen-bond acceptors (Lipinski definition) is 9. The van der Waals surface area contributed by atoms with E-state index in [1.165, 1.54) is 0 Å². The second-order valence-corrected chi connectivity index (χ2v) is 15.7. The van der Waals surface area contributed by atoms with E-state index in [0.717, 1.165) is 55.5 Å². The first-order chi connectivity index (χ1) is 19.0. The molecule has 0 heterocycles. The number of hydrogen-bond donors (Lipinski definition) is 0. The van der Waals surface area contributed by atoms with Crippen molar-refractivity contribution in [1.82, 2.24) is 0 Å². The van der Waals surface area contributed by atoms with Gasteiger partial charge in [0, 0.05) is 78.9 Å². The molecular weight excluding hydrogens is 738 g/mol. The van der Waals surface area contributed by atoms with Gasteiger partial charge in [-0.3, -0.25) is 0 Å². The van der Waals surface area contributed by atoms with Crippen molar-refractivity contribution in [3.8, 4) is 54.6 Å². The van der Waals surface area contributed by atoms with Crippen LogP contribution in [0, 0.1) is 102 Å². The predicted molar refractivity (Wildman–Crippen MR) is 157 cm³/mol. The van der Waals surface area contributed by atoms with Crippen LogP contribution < -0.4 is 0 Å². The molecule has 9 nitrogen and oxygen atoms in total. The standard InChI is InChI=1S/3C9H12N3P.Pt/c3*10-4-1-7-13(8-2-5-11)9-3-6-12;/h3*1-3,7-9H2;. The monoisotopic (exact) mass is 774 g/mol. The third-order valence-corrected chi connectivity index (χ3v) is 12.6. The first-order valence-corrected chi connectivity index (χ1v) is 18.2. The summed E-state index contributed by atoms with van der Waals surface area (Å²) in [4.78, 5) is 0. The van der Waals surface area contributed by atoms with Crippen molar-refractivity contribution in [3.05, 3.63) is 0 Å². The molecule has 0 saturated carbocycles. The zero-order chi connectivity index (χ0) is 29.8. The average Bonchev–Trinajstić information content (AvgIpc) is 2.96. The normalized spacial score (nSPS) is 8.55. The molecule has 0 bridgehead atoms. The van der Waals surface area contributed by atoms with E-state index in [2.05, 4.69) is 54.6 Å². The summed E-state index contributed by atoms with van der Waals surface area (Å²) in [5, 5.41) is 75.6. The Balaban J connectivity index is -0.000000240. The quantitative estimate of drug-likeness (QED) is 0.137. The van der Waals surface area contributed by atoms with Crippen LogP contribution in [0.25, 0.3) is 0 Å². The van der Waals surface area contributed by atoms with Gasteiger partial charge in [0.15, 0.2) is 0 Å². The Morgan fingerprint density at radius 2 is 0.350 bits per heavy atom. The van der Waals surface area contributed by atoms with E-state index in [1.807, 2.05) is 0 Å². The summed E-state index contributed by atoms with van der Waals surface area (Å²) in [5.41, 5.74) is 0. The van der Waals surface area contributed by atoms with Crippen LogP contribution in [0.3, 0.4) is 0 Å². The van der Waals surface area contributed by atoms with E-state index < -0.39 is 0 Å². The van der Waals surface area contributed by atoms with Crippen molar-refractivity contribution in [2.45, 2.75) is 57.8 Å². The van der Waals surface area contributed by atoms with E-state index in [4.69, 9.17) is 47.4 Å². The van der Waals surface area contributed by atoms with Crippen molar-refractivity contribution in [2.24, 2.45) is 0 Å². The van der Waals surface area contributed by atoms with Gasteiger partial charge >= 0.3 is 0 Å². The minimum absolute atomic E-state index is 0. The molecular formula is C27H36N9P3Pt.